The summed E-state index contributed by atoms with van der Waals surface area (Å²) in [5.41, 5.74) is 0.818. The molecular weight excluding hydrogens is 394 g/mol. The van der Waals surface area contributed by atoms with E-state index in [1.807, 2.05) is 28.0 Å². The van der Waals surface area contributed by atoms with Gasteiger partial charge in [-0.15, -0.1) is 0 Å². The van der Waals surface area contributed by atoms with Crippen LogP contribution in [0, 0.1) is 5.92 Å². The first-order valence-electron chi connectivity index (χ1n) is 11.6. The lowest BCUT2D eigenvalue weighted by Gasteiger charge is -2.47. The Balaban J connectivity index is 1.42. The predicted molar refractivity (Wildman–Crippen MR) is 118 cm³/mol. The lowest BCUT2D eigenvalue weighted by atomic mass is 9.76. The number of piperidine rings is 1. The normalized spacial score (nSPS) is 22.7. The van der Waals surface area contributed by atoms with E-state index in [0.29, 0.717) is 58.3 Å². The quantitative estimate of drug-likeness (QED) is 0.799. The lowest BCUT2D eigenvalue weighted by molar-refractivity contribution is -0.122. The average molecular weight is 430 g/mol. The summed E-state index contributed by atoms with van der Waals surface area (Å²) < 4.78 is 11.9. The summed E-state index contributed by atoms with van der Waals surface area (Å²) in [4.78, 5) is 29.3. The molecule has 0 radical (unpaired) electrons. The maximum absolute atomic E-state index is 12.9. The number of nitrogens with zero attached hydrogens (tertiary/aromatic N) is 2. The molecule has 2 saturated heterocycles. The van der Waals surface area contributed by atoms with E-state index in [0.717, 1.165) is 30.6 Å². The molecular formula is C24H35N3O4. The van der Waals surface area contributed by atoms with Crippen LogP contribution in [0.1, 0.15) is 51.0 Å². The molecule has 1 aromatic carbocycles. The number of carbonyl (C=O) groups excluding carboxylic acids is 2. The highest BCUT2D eigenvalue weighted by Gasteiger charge is 2.44. The molecule has 3 aliphatic heterocycles. The Kier molecular flexibility index (Phi) is 6.70. The van der Waals surface area contributed by atoms with Gasteiger partial charge >= 0.3 is 6.03 Å². The fourth-order valence-corrected chi connectivity index (χ4v) is 4.91. The van der Waals surface area contributed by atoms with Crippen molar-refractivity contribution >= 4 is 11.9 Å². The molecule has 0 saturated carbocycles. The predicted octanol–water partition coefficient (Wildman–Crippen LogP) is 3.00. The number of fused-ring (bicyclic) bond motifs is 1. The molecule has 170 valence electrons. The van der Waals surface area contributed by atoms with Crippen molar-refractivity contribution in [1.29, 1.82) is 0 Å². The van der Waals surface area contributed by atoms with Gasteiger partial charge < -0.3 is 24.6 Å². The van der Waals surface area contributed by atoms with Gasteiger partial charge in [-0.2, -0.15) is 0 Å². The standard InChI is InChI=1S/C24H35N3O4/c1-18(2)17-25-22(28)15-19-16-24(31-21-6-4-3-5-20(19)21)7-9-26(10-8-24)23(29)27-11-13-30-14-12-27/h3-6,18-19H,7-17H2,1-2H3,(H,25,28). The summed E-state index contributed by atoms with van der Waals surface area (Å²) >= 11 is 0. The molecule has 1 spiro atoms. The van der Waals surface area contributed by atoms with Crippen molar-refractivity contribution in [1.82, 2.24) is 15.1 Å². The summed E-state index contributed by atoms with van der Waals surface area (Å²) in [6.45, 7) is 8.84. The van der Waals surface area contributed by atoms with Crippen molar-refractivity contribution in [2.75, 3.05) is 45.9 Å². The van der Waals surface area contributed by atoms with Gasteiger partial charge in [0.15, 0.2) is 0 Å². The average Bonchev–Trinajstić information content (AvgIpc) is 2.78. The third-order valence-corrected chi connectivity index (χ3v) is 6.67. The number of ether oxygens (including phenoxy) is 2. The lowest BCUT2D eigenvalue weighted by Crippen LogP contribution is -2.55. The van der Waals surface area contributed by atoms with Crippen molar-refractivity contribution in [3.63, 3.8) is 0 Å². The summed E-state index contributed by atoms with van der Waals surface area (Å²) in [5, 5.41) is 3.06. The highest BCUT2D eigenvalue weighted by Crippen LogP contribution is 2.46. The van der Waals surface area contributed by atoms with Gasteiger partial charge in [-0.25, -0.2) is 4.79 Å². The summed E-state index contributed by atoms with van der Waals surface area (Å²) in [6.07, 6.45) is 2.88. The maximum atomic E-state index is 12.9. The molecule has 3 amide bonds. The Bertz CT molecular complexity index is 783. The van der Waals surface area contributed by atoms with Crippen LogP contribution in [0.2, 0.25) is 0 Å². The third-order valence-electron chi connectivity index (χ3n) is 6.67. The van der Waals surface area contributed by atoms with Crippen molar-refractivity contribution in [2.45, 2.75) is 51.0 Å². The van der Waals surface area contributed by atoms with E-state index in [-0.39, 0.29) is 23.5 Å². The van der Waals surface area contributed by atoms with E-state index in [1.165, 1.54) is 0 Å². The van der Waals surface area contributed by atoms with Crippen LogP contribution in [-0.4, -0.2) is 73.3 Å². The van der Waals surface area contributed by atoms with Crippen LogP contribution in [0.25, 0.3) is 0 Å². The van der Waals surface area contributed by atoms with Crippen LogP contribution in [0.3, 0.4) is 0 Å². The summed E-state index contributed by atoms with van der Waals surface area (Å²) in [7, 11) is 0. The minimum atomic E-state index is -0.306. The second-order valence-electron chi connectivity index (χ2n) is 9.50. The van der Waals surface area contributed by atoms with Gasteiger partial charge in [-0.05, 0) is 24.0 Å². The number of urea groups is 1. The smallest absolute Gasteiger partial charge is 0.320 e. The van der Waals surface area contributed by atoms with E-state index in [4.69, 9.17) is 9.47 Å². The minimum Gasteiger partial charge on any atom is -0.487 e. The largest absolute Gasteiger partial charge is 0.487 e. The highest BCUT2D eigenvalue weighted by atomic mass is 16.5. The summed E-state index contributed by atoms with van der Waals surface area (Å²) in [6, 6.07) is 8.22. The molecule has 1 atom stereocenters. The molecule has 4 rings (SSSR count). The molecule has 1 aromatic rings. The number of morpholine rings is 1. The zero-order chi connectivity index (χ0) is 21.8. The maximum Gasteiger partial charge on any atom is 0.320 e. The third kappa shape index (κ3) is 5.14. The zero-order valence-electron chi connectivity index (χ0n) is 18.8. The molecule has 0 bridgehead atoms. The number of hydrogen-bond acceptors (Lipinski definition) is 4. The van der Waals surface area contributed by atoms with Gasteiger partial charge in [0, 0.05) is 57.9 Å². The van der Waals surface area contributed by atoms with Crippen molar-refractivity contribution in [3.8, 4) is 5.75 Å². The van der Waals surface area contributed by atoms with Crippen LogP contribution in [0.4, 0.5) is 4.79 Å². The first kappa shape index (κ1) is 21.9. The van der Waals surface area contributed by atoms with Gasteiger partial charge in [-0.1, -0.05) is 32.0 Å². The van der Waals surface area contributed by atoms with Crippen LogP contribution >= 0.6 is 0 Å². The number of amides is 3. The second kappa shape index (κ2) is 9.47. The molecule has 3 heterocycles. The molecule has 3 aliphatic rings. The highest BCUT2D eigenvalue weighted by molar-refractivity contribution is 5.77. The summed E-state index contributed by atoms with van der Waals surface area (Å²) in [5.74, 6) is 1.57. The van der Waals surface area contributed by atoms with Gasteiger partial charge in [-0.3, -0.25) is 4.79 Å². The van der Waals surface area contributed by atoms with Crippen molar-refractivity contribution < 1.29 is 19.1 Å². The number of nitrogens with one attached hydrogen (secondary N) is 1. The number of carbonyl (C=O) groups is 2. The molecule has 0 aromatic heterocycles. The molecule has 1 N–H and O–H groups in total. The van der Waals surface area contributed by atoms with Gasteiger partial charge in [0.25, 0.3) is 0 Å². The number of likely N-dealkylation sites (tertiary alicyclic amines) is 1. The van der Waals surface area contributed by atoms with Gasteiger partial charge in [0.2, 0.25) is 5.91 Å². The van der Waals surface area contributed by atoms with Gasteiger partial charge in [0.1, 0.15) is 11.4 Å². The van der Waals surface area contributed by atoms with Crippen LogP contribution in [0.15, 0.2) is 24.3 Å². The van der Waals surface area contributed by atoms with E-state index in [2.05, 4.69) is 25.2 Å². The van der Waals surface area contributed by atoms with Crippen molar-refractivity contribution in [3.05, 3.63) is 29.8 Å². The van der Waals surface area contributed by atoms with E-state index in [9.17, 15) is 9.59 Å². The zero-order valence-corrected chi connectivity index (χ0v) is 18.8. The fraction of sp³-hybridized carbons (Fsp3) is 0.667. The molecule has 31 heavy (non-hydrogen) atoms. The van der Waals surface area contributed by atoms with Crippen LogP contribution < -0.4 is 10.1 Å². The molecule has 2 fully saturated rings. The number of benzene rings is 1. The van der Waals surface area contributed by atoms with E-state index < -0.39 is 0 Å². The first-order chi connectivity index (χ1) is 15.0. The van der Waals surface area contributed by atoms with E-state index >= 15 is 0 Å². The number of rotatable bonds is 4. The molecule has 0 aliphatic carbocycles. The SMILES string of the molecule is CC(C)CNC(=O)CC1CC2(CCN(C(=O)N3CCOCC3)CC2)Oc2ccccc21. The Morgan fingerprint density at radius 2 is 1.77 bits per heavy atom. The number of hydrogen-bond donors (Lipinski definition) is 1. The molecule has 1 unspecified atom stereocenters. The molecule has 7 nitrogen and oxygen atoms in total. The molecule has 7 heteroatoms. The van der Waals surface area contributed by atoms with Crippen molar-refractivity contribution in [2.24, 2.45) is 5.92 Å². The number of para-hydroxylation sites is 1. The minimum absolute atomic E-state index is 0.102. The van der Waals surface area contributed by atoms with Gasteiger partial charge in [0.05, 0.1) is 13.2 Å². The Morgan fingerprint density at radius 3 is 2.48 bits per heavy atom. The van der Waals surface area contributed by atoms with Crippen LogP contribution in [-0.2, 0) is 9.53 Å². The Hall–Kier alpha value is -2.28. The Morgan fingerprint density at radius 1 is 1.10 bits per heavy atom. The Labute approximate surface area is 185 Å². The van der Waals surface area contributed by atoms with Crippen LogP contribution in [0.5, 0.6) is 5.75 Å². The topological polar surface area (TPSA) is 71.1 Å². The van der Waals surface area contributed by atoms with E-state index in [1.54, 1.807) is 0 Å². The second-order valence-corrected chi connectivity index (χ2v) is 9.50. The fourth-order valence-electron chi connectivity index (χ4n) is 4.91. The first-order valence-corrected chi connectivity index (χ1v) is 11.6. The monoisotopic (exact) mass is 429 g/mol.